The number of hydrogen-bond donors (Lipinski definition) is 1. The molecule has 0 aliphatic rings. The first-order chi connectivity index (χ1) is 17.3. The Hall–Kier alpha value is -2.20. The van der Waals surface area contributed by atoms with Gasteiger partial charge in [-0.25, -0.2) is 4.79 Å². The van der Waals surface area contributed by atoms with Crippen molar-refractivity contribution in [3.63, 3.8) is 0 Å². The first-order valence-corrected chi connectivity index (χ1v) is 14.0. The summed E-state index contributed by atoms with van der Waals surface area (Å²) in [4.78, 5) is 47.8. The molecule has 0 bridgehead atoms. The molecular formula is C27H40Br2N2O6. The van der Waals surface area contributed by atoms with Crippen LogP contribution in [0, 0.1) is 17.8 Å². The average Bonchev–Trinajstić information content (AvgIpc) is 2.78. The van der Waals surface area contributed by atoms with Crippen LogP contribution < -0.4 is 11.1 Å². The summed E-state index contributed by atoms with van der Waals surface area (Å²) in [5.74, 6) is 0.496. The lowest BCUT2D eigenvalue weighted by atomic mass is 9.99. The van der Waals surface area contributed by atoms with Gasteiger partial charge in [0.25, 0.3) is 5.56 Å². The molecular weight excluding hydrogens is 608 g/mol. The smallest absolute Gasteiger partial charge is 0.329 e. The van der Waals surface area contributed by atoms with Gasteiger partial charge < -0.3 is 19.0 Å². The van der Waals surface area contributed by atoms with E-state index in [0.29, 0.717) is 35.9 Å². The fourth-order valence-electron chi connectivity index (χ4n) is 3.24. The van der Waals surface area contributed by atoms with Gasteiger partial charge in [0.2, 0.25) is 5.56 Å². The maximum Gasteiger partial charge on any atom is 0.329 e. The molecule has 0 aliphatic heterocycles. The molecule has 208 valence electrons. The molecule has 2 rings (SSSR count). The first kappa shape index (κ1) is 34.8. The summed E-state index contributed by atoms with van der Waals surface area (Å²) in [5.41, 5.74) is -0.289. The predicted molar refractivity (Wildman–Crippen MR) is 154 cm³/mol. The molecule has 2 unspecified atom stereocenters. The van der Waals surface area contributed by atoms with E-state index in [1.165, 1.54) is 16.7 Å². The summed E-state index contributed by atoms with van der Waals surface area (Å²) < 4.78 is 12.8. The molecule has 2 aromatic rings. The van der Waals surface area contributed by atoms with Crippen molar-refractivity contribution in [1.29, 1.82) is 0 Å². The highest BCUT2D eigenvalue weighted by molar-refractivity contribution is 9.10. The number of hydrogen-bond acceptors (Lipinski definition) is 6. The van der Waals surface area contributed by atoms with Crippen LogP contribution in [0.2, 0.25) is 0 Å². The lowest BCUT2D eigenvalue weighted by Gasteiger charge is -2.19. The van der Waals surface area contributed by atoms with Crippen molar-refractivity contribution >= 4 is 43.8 Å². The molecule has 0 aliphatic carbocycles. The Bertz CT molecular complexity index is 1070. The van der Waals surface area contributed by atoms with Gasteiger partial charge in [-0.1, -0.05) is 66.5 Å². The van der Waals surface area contributed by atoms with Crippen molar-refractivity contribution in [3.05, 3.63) is 66.3 Å². The van der Waals surface area contributed by atoms with Gasteiger partial charge >= 0.3 is 11.9 Å². The van der Waals surface area contributed by atoms with E-state index in [-0.39, 0.29) is 29.0 Å². The van der Waals surface area contributed by atoms with E-state index in [9.17, 15) is 19.2 Å². The molecule has 0 saturated heterocycles. The molecule has 2 heterocycles. The van der Waals surface area contributed by atoms with Crippen molar-refractivity contribution in [1.82, 2.24) is 9.55 Å². The number of esters is 2. The fourth-order valence-corrected chi connectivity index (χ4v) is 3.89. The topological polar surface area (TPSA) is 107 Å². The van der Waals surface area contributed by atoms with Crippen LogP contribution in [-0.2, 0) is 19.1 Å². The SMILES string of the molecule is CCOC(=O)C(C)CC(C)C.CCOC(=O)C(CC(C)C)n1ccc(Br)cc1=O.O=c1cc(Br)cc[nH]1. The third-order valence-electron chi connectivity index (χ3n) is 4.75. The minimum Gasteiger partial charge on any atom is -0.466 e. The largest absolute Gasteiger partial charge is 0.466 e. The molecule has 0 radical (unpaired) electrons. The number of carbonyl (C=O) groups excluding carboxylic acids is 2. The molecule has 10 heteroatoms. The van der Waals surface area contributed by atoms with Crippen LogP contribution in [-0.4, -0.2) is 34.7 Å². The van der Waals surface area contributed by atoms with Gasteiger partial charge in [-0.05, 0) is 50.7 Å². The summed E-state index contributed by atoms with van der Waals surface area (Å²) in [6.07, 6.45) is 4.71. The van der Waals surface area contributed by atoms with Gasteiger partial charge in [-0.15, -0.1) is 0 Å². The summed E-state index contributed by atoms with van der Waals surface area (Å²) in [7, 11) is 0. The monoisotopic (exact) mass is 646 g/mol. The zero-order valence-electron chi connectivity index (χ0n) is 22.8. The Morgan fingerprint density at radius 2 is 1.41 bits per heavy atom. The standard InChI is InChI=1S/C13H18BrNO3.C9H18O2.C5H4BrNO/c1-4-18-13(17)11(7-9(2)3)15-6-5-10(14)8-12(15)16;1-5-11-9(10)8(4)6-7(2)3;6-4-1-2-7-5(8)3-4/h5-6,8-9,11H,4,7H2,1-3H3;7-8H,5-6H2,1-4H3;1-3H,(H,7,8). The highest BCUT2D eigenvalue weighted by atomic mass is 79.9. The number of nitrogens with zero attached hydrogens (tertiary/aromatic N) is 1. The van der Waals surface area contributed by atoms with E-state index in [4.69, 9.17) is 9.47 Å². The Morgan fingerprint density at radius 3 is 1.84 bits per heavy atom. The number of nitrogens with one attached hydrogen (secondary N) is 1. The molecule has 0 spiro atoms. The maximum absolute atomic E-state index is 11.9. The number of pyridine rings is 2. The van der Waals surface area contributed by atoms with Crippen LogP contribution in [0.1, 0.15) is 67.3 Å². The molecule has 0 aromatic carbocycles. The van der Waals surface area contributed by atoms with Gasteiger partial charge in [0, 0.05) is 33.5 Å². The molecule has 8 nitrogen and oxygen atoms in total. The number of aromatic nitrogens is 2. The average molecular weight is 648 g/mol. The Morgan fingerprint density at radius 1 is 0.865 bits per heavy atom. The van der Waals surface area contributed by atoms with Gasteiger partial charge in [0.05, 0.1) is 19.1 Å². The predicted octanol–water partition coefficient (Wildman–Crippen LogP) is 6.13. The van der Waals surface area contributed by atoms with E-state index in [0.717, 1.165) is 10.9 Å². The number of halogens is 2. The number of carbonyl (C=O) groups is 2. The summed E-state index contributed by atoms with van der Waals surface area (Å²) in [6, 6.07) is 5.88. The van der Waals surface area contributed by atoms with Crippen molar-refractivity contribution in [3.8, 4) is 0 Å². The van der Waals surface area contributed by atoms with Crippen molar-refractivity contribution < 1.29 is 19.1 Å². The van der Waals surface area contributed by atoms with E-state index < -0.39 is 6.04 Å². The zero-order chi connectivity index (χ0) is 28.5. The van der Waals surface area contributed by atoms with Gasteiger partial charge in [-0.2, -0.15) is 0 Å². The summed E-state index contributed by atoms with van der Waals surface area (Å²) in [5, 5.41) is 0. The van der Waals surface area contributed by atoms with Crippen molar-refractivity contribution in [2.24, 2.45) is 17.8 Å². The third-order valence-corrected chi connectivity index (χ3v) is 5.74. The van der Waals surface area contributed by atoms with Crippen molar-refractivity contribution in [2.45, 2.75) is 67.3 Å². The molecule has 1 N–H and O–H groups in total. The first-order valence-electron chi connectivity index (χ1n) is 12.4. The van der Waals surface area contributed by atoms with E-state index in [2.05, 4.69) is 50.7 Å². The van der Waals surface area contributed by atoms with E-state index in [1.54, 1.807) is 31.5 Å². The van der Waals surface area contributed by atoms with Crippen LogP contribution in [0.25, 0.3) is 0 Å². The van der Waals surface area contributed by atoms with Crippen LogP contribution in [0.3, 0.4) is 0 Å². The molecule has 0 saturated carbocycles. The molecule has 2 aromatic heterocycles. The Balaban J connectivity index is 0.000000579. The summed E-state index contributed by atoms with van der Waals surface area (Å²) >= 11 is 6.38. The second-order valence-corrected chi connectivity index (χ2v) is 11.0. The lowest BCUT2D eigenvalue weighted by Crippen LogP contribution is -2.31. The Kier molecular flexibility index (Phi) is 17.8. The van der Waals surface area contributed by atoms with Crippen LogP contribution in [0.4, 0.5) is 0 Å². The number of ether oxygens (including phenoxy) is 2. The molecule has 37 heavy (non-hydrogen) atoms. The van der Waals surface area contributed by atoms with Crippen LogP contribution in [0.15, 0.2) is 55.2 Å². The number of H-pyrrole nitrogens is 1. The number of rotatable bonds is 9. The minimum atomic E-state index is -0.550. The van der Waals surface area contributed by atoms with Crippen LogP contribution >= 0.6 is 31.9 Å². The van der Waals surface area contributed by atoms with Gasteiger partial charge in [-0.3, -0.25) is 14.4 Å². The molecule has 0 fully saturated rings. The molecule has 0 amide bonds. The minimum absolute atomic E-state index is 0.0509. The summed E-state index contributed by atoms with van der Waals surface area (Å²) in [6.45, 7) is 14.5. The quantitative estimate of drug-likeness (QED) is 0.328. The fraction of sp³-hybridized carbons (Fsp3) is 0.556. The van der Waals surface area contributed by atoms with Gasteiger partial charge in [0.1, 0.15) is 6.04 Å². The second-order valence-electron chi connectivity index (χ2n) is 9.14. The van der Waals surface area contributed by atoms with Crippen LogP contribution in [0.5, 0.6) is 0 Å². The normalized spacial score (nSPS) is 12.0. The Labute approximate surface area is 236 Å². The van der Waals surface area contributed by atoms with E-state index in [1.807, 2.05) is 27.7 Å². The van der Waals surface area contributed by atoms with E-state index >= 15 is 0 Å². The second kappa shape index (κ2) is 19.0. The molecule has 2 atom stereocenters. The zero-order valence-corrected chi connectivity index (χ0v) is 25.9. The highest BCUT2D eigenvalue weighted by Crippen LogP contribution is 2.18. The lowest BCUT2D eigenvalue weighted by molar-refractivity contribution is -0.148. The maximum atomic E-state index is 11.9. The highest BCUT2D eigenvalue weighted by Gasteiger charge is 2.23. The van der Waals surface area contributed by atoms with Gasteiger partial charge in [0.15, 0.2) is 0 Å². The van der Waals surface area contributed by atoms with Crippen molar-refractivity contribution in [2.75, 3.05) is 13.2 Å². The number of aromatic amines is 1. The third kappa shape index (κ3) is 15.6.